The van der Waals surface area contributed by atoms with Crippen LogP contribution in [0.5, 0.6) is 0 Å². The molecule has 1 aliphatic rings. The summed E-state index contributed by atoms with van der Waals surface area (Å²) in [6.45, 7) is 0.807. The normalized spacial score (nSPS) is 25.0. The molecule has 2 heteroatoms. The largest absolute Gasteiger partial charge is 0.385 e. The molecule has 2 atom stereocenters. The average molecular weight is 211 g/mol. The molecule has 0 radical (unpaired) electrons. The first kappa shape index (κ1) is 10.0. The van der Waals surface area contributed by atoms with Crippen molar-refractivity contribution in [1.82, 2.24) is 0 Å². The molecule has 0 bridgehead atoms. The molecule has 1 aromatic rings. The zero-order valence-corrected chi connectivity index (χ0v) is 9.13. The number of fused-ring (bicyclic) bond motifs is 1. The van der Waals surface area contributed by atoms with Gasteiger partial charge in [-0.2, -0.15) is 0 Å². The van der Waals surface area contributed by atoms with Gasteiger partial charge in [-0.3, -0.25) is 0 Å². The first-order chi connectivity index (χ1) is 6.83. The van der Waals surface area contributed by atoms with Crippen LogP contribution in [0.2, 0.25) is 0 Å². The topological polar surface area (TPSA) is 9.23 Å². The second kappa shape index (κ2) is 4.33. The van der Waals surface area contributed by atoms with Crippen LogP contribution in [-0.4, -0.2) is 13.7 Å². The Hall–Kier alpha value is -0.530. The molecule has 0 aliphatic heterocycles. The molecule has 0 saturated heterocycles. The van der Waals surface area contributed by atoms with Gasteiger partial charge in [0.1, 0.15) is 0 Å². The summed E-state index contributed by atoms with van der Waals surface area (Å²) in [6, 6.07) is 8.46. The molecule has 0 N–H and O–H groups in total. The van der Waals surface area contributed by atoms with Crippen LogP contribution in [0.1, 0.15) is 22.9 Å². The van der Waals surface area contributed by atoms with Gasteiger partial charge in [-0.25, -0.2) is 0 Å². The highest BCUT2D eigenvalue weighted by molar-refractivity contribution is 6.21. The molecule has 1 aliphatic carbocycles. The Morgan fingerprint density at radius 2 is 2.21 bits per heavy atom. The molecule has 1 aromatic carbocycles. The third-order valence-corrected chi connectivity index (χ3v) is 3.53. The molecule has 2 unspecified atom stereocenters. The maximum Gasteiger partial charge on any atom is 0.0620 e. The van der Waals surface area contributed by atoms with E-state index in [0.717, 1.165) is 19.4 Å². The van der Waals surface area contributed by atoms with Crippen molar-refractivity contribution in [1.29, 1.82) is 0 Å². The minimum Gasteiger partial charge on any atom is -0.385 e. The lowest BCUT2D eigenvalue weighted by atomic mass is 10.0. The molecule has 0 spiro atoms. The maximum atomic E-state index is 6.39. The van der Waals surface area contributed by atoms with Crippen LogP contribution in [0.15, 0.2) is 24.3 Å². The first-order valence-corrected chi connectivity index (χ1v) is 5.47. The number of methoxy groups -OCH3 is 1. The smallest absolute Gasteiger partial charge is 0.0620 e. The molecule has 0 amide bonds. The minimum absolute atomic E-state index is 0.182. The van der Waals surface area contributed by atoms with Gasteiger partial charge in [-0.1, -0.05) is 24.3 Å². The van der Waals surface area contributed by atoms with E-state index in [9.17, 15) is 0 Å². The fourth-order valence-electron chi connectivity index (χ4n) is 2.15. The highest BCUT2D eigenvalue weighted by Gasteiger charge is 2.29. The second-order valence-corrected chi connectivity index (χ2v) is 4.32. The second-order valence-electron chi connectivity index (χ2n) is 3.85. The monoisotopic (exact) mass is 210 g/mol. The number of benzene rings is 1. The minimum atomic E-state index is 0.182. The highest BCUT2D eigenvalue weighted by Crippen LogP contribution is 2.42. The van der Waals surface area contributed by atoms with Crippen molar-refractivity contribution in [3.05, 3.63) is 35.4 Å². The maximum absolute atomic E-state index is 6.39. The van der Waals surface area contributed by atoms with Gasteiger partial charge in [-0.05, 0) is 29.9 Å². The molecule has 0 saturated carbocycles. The van der Waals surface area contributed by atoms with Gasteiger partial charge in [0.05, 0.1) is 5.38 Å². The fraction of sp³-hybridized carbons (Fsp3) is 0.500. The first-order valence-electron chi connectivity index (χ1n) is 5.03. The third kappa shape index (κ3) is 1.79. The van der Waals surface area contributed by atoms with Gasteiger partial charge in [0.2, 0.25) is 0 Å². The van der Waals surface area contributed by atoms with Crippen LogP contribution >= 0.6 is 11.6 Å². The van der Waals surface area contributed by atoms with Crippen LogP contribution in [0.3, 0.4) is 0 Å². The summed E-state index contributed by atoms with van der Waals surface area (Å²) in [7, 11) is 1.74. The van der Waals surface area contributed by atoms with Crippen molar-refractivity contribution < 1.29 is 4.74 Å². The van der Waals surface area contributed by atoms with Gasteiger partial charge < -0.3 is 4.74 Å². The van der Waals surface area contributed by atoms with Crippen LogP contribution in [0, 0.1) is 5.92 Å². The summed E-state index contributed by atoms with van der Waals surface area (Å²) < 4.78 is 5.09. The number of hydrogen-bond donors (Lipinski definition) is 0. The summed E-state index contributed by atoms with van der Waals surface area (Å²) in [5.74, 6) is 0.550. The number of hydrogen-bond acceptors (Lipinski definition) is 1. The van der Waals surface area contributed by atoms with Crippen LogP contribution in [0.4, 0.5) is 0 Å². The van der Waals surface area contributed by atoms with E-state index >= 15 is 0 Å². The number of ether oxygens (including phenoxy) is 1. The molecule has 2 rings (SSSR count). The van der Waals surface area contributed by atoms with E-state index in [1.165, 1.54) is 11.1 Å². The predicted molar refractivity (Wildman–Crippen MR) is 58.7 cm³/mol. The van der Waals surface area contributed by atoms with Crippen molar-refractivity contribution >= 4 is 11.6 Å². The average Bonchev–Trinajstić information content (AvgIpc) is 2.54. The lowest BCUT2D eigenvalue weighted by molar-refractivity contribution is 0.178. The lowest BCUT2D eigenvalue weighted by Crippen LogP contribution is -2.06. The van der Waals surface area contributed by atoms with Crippen molar-refractivity contribution in [3.63, 3.8) is 0 Å². The van der Waals surface area contributed by atoms with E-state index in [0.29, 0.717) is 5.92 Å². The van der Waals surface area contributed by atoms with Gasteiger partial charge >= 0.3 is 0 Å². The molecule has 1 nitrogen and oxygen atoms in total. The number of rotatable bonds is 3. The van der Waals surface area contributed by atoms with Gasteiger partial charge in [0, 0.05) is 13.7 Å². The van der Waals surface area contributed by atoms with Crippen molar-refractivity contribution in [2.45, 2.75) is 18.2 Å². The summed E-state index contributed by atoms with van der Waals surface area (Å²) in [5, 5.41) is 0.182. The van der Waals surface area contributed by atoms with Crippen molar-refractivity contribution in [2.24, 2.45) is 5.92 Å². The summed E-state index contributed by atoms with van der Waals surface area (Å²) in [5.41, 5.74) is 2.73. The lowest BCUT2D eigenvalue weighted by Gasteiger charge is -2.12. The van der Waals surface area contributed by atoms with E-state index < -0.39 is 0 Å². The molecule has 76 valence electrons. The number of halogens is 1. The Bertz CT molecular complexity index is 311. The molecule has 0 heterocycles. The van der Waals surface area contributed by atoms with Gasteiger partial charge in [0.25, 0.3) is 0 Å². The Kier molecular flexibility index (Phi) is 3.09. The van der Waals surface area contributed by atoms with Gasteiger partial charge in [-0.15, -0.1) is 11.6 Å². The molecular formula is C12H15ClO. The fourth-order valence-corrected chi connectivity index (χ4v) is 2.57. The zero-order chi connectivity index (χ0) is 9.97. The zero-order valence-electron chi connectivity index (χ0n) is 8.37. The molecule has 0 aromatic heterocycles. The Balaban J connectivity index is 2.09. The Labute approximate surface area is 90.0 Å². The van der Waals surface area contributed by atoms with E-state index in [2.05, 4.69) is 24.3 Å². The van der Waals surface area contributed by atoms with E-state index in [4.69, 9.17) is 16.3 Å². The van der Waals surface area contributed by atoms with E-state index in [-0.39, 0.29) is 5.38 Å². The van der Waals surface area contributed by atoms with E-state index in [1.54, 1.807) is 7.11 Å². The SMILES string of the molecule is COCCC1Cc2ccccc2C1Cl. The Morgan fingerprint density at radius 1 is 1.43 bits per heavy atom. The van der Waals surface area contributed by atoms with E-state index in [1.807, 2.05) is 0 Å². The standard InChI is InChI=1S/C12H15ClO/c1-14-7-6-10-8-9-4-2-3-5-11(9)12(10)13/h2-5,10,12H,6-8H2,1H3. The summed E-state index contributed by atoms with van der Waals surface area (Å²) in [4.78, 5) is 0. The predicted octanol–water partition coefficient (Wildman–Crippen LogP) is 3.18. The van der Waals surface area contributed by atoms with Crippen molar-refractivity contribution in [3.8, 4) is 0 Å². The Morgan fingerprint density at radius 3 is 2.93 bits per heavy atom. The third-order valence-electron chi connectivity index (χ3n) is 2.94. The van der Waals surface area contributed by atoms with Crippen LogP contribution < -0.4 is 0 Å². The van der Waals surface area contributed by atoms with Crippen LogP contribution in [0.25, 0.3) is 0 Å². The van der Waals surface area contributed by atoms with Crippen molar-refractivity contribution in [2.75, 3.05) is 13.7 Å². The molecule has 0 fully saturated rings. The summed E-state index contributed by atoms with van der Waals surface area (Å²) >= 11 is 6.39. The van der Waals surface area contributed by atoms with Gasteiger partial charge in [0.15, 0.2) is 0 Å². The van der Waals surface area contributed by atoms with Crippen LogP contribution in [-0.2, 0) is 11.2 Å². The molecular weight excluding hydrogens is 196 g/mol. The number of alkyl halides is 1. The quantitative estimate of drug-likeness (QED) is 0.697. The summed E-state index contributed by atoms with van der Waals surface area (Å²) in [6.07, 6.45) is 2.16. The highest BCUT2D eigenvalue weighted by atomic mass is 35.5. The molecule has 14 heavy (non-hydrogen) atoms.